The molecule has 30 heavy (non-hydrogen) atoms. The quantitative estimate of drug-likeness (QED) is 0.471. The van der Waals surface area contributed by atoms with Gasteiger partial charge in [-0.2, -0.15) is 0 Å². The molecule has 7 heteroatoms. The summed E-state index contributed by atoms with van der Waals surface area (Å²) >= 11 is 0. The molecule has 0 fully saturated rings. The number of nitrogens with one attached hydrogen (secondary N) is 2. The van der Waals surface area contributed by atoms with Crippen molar-refractivity contribution in [3.8, 4) is 17.0 Å². The molecule has 0 radical (unpaired) electrons. The number of benzene rings is 1. The smallest absolute Gasteiger partial charge is 0.252 e. The number of aromatic amines is 1. The van der Waals surface area contributed by atoms with Gasteiger partial charge in [0.15, 0.2) is 0 Å². The minimum Gasteiger partial charge on any atom is -0.493 e. The fourth-order valence-electron chi connectivity index (χ4n) is 2.96. The van der Waals surface area contributed by atoms with Crippen LogP contribution in [0, 0.1) is 0 Å². The number of rotatable bonds is 8. The largest absolute Gasteiger partial charge is 0.493 e. The molecule has 0 saturated carbocycles. The molecule has 2 N–H and O–H groups in total. The molecule has 3 aromatic heterocycles. The molecule has 0 amide bonds. The summed E-state index contributed by atoms with van der Waals surface area (Å²) < 4.78 is 5.85. The molecule has 0 atom stereocenters. The summed E-state index contributed by atoms with van der Waals surface area (Å²) in [6.45, 7) is 1.05. The van der Waals surface area contributed by atoms with E-state index in [0.717, 1.165) is 29.0 Å². The molecular formula is C23H21N5O2. The molecule has 0 aliphatic rings. The average molecular weight is 399 g/mol. The first-order valence-electron chi connectivity index (χ1n) is 9.63. The maximum absolute atomic E-state index is 12.0. The molecule has 0 aliphatic carbocycles. The van der Waals surface area contributed by atoms with E-state index in [1.807, 2.05) is 54.6 Å². The molecule has 0 unspecified atom stereocenters. The summed E-state index contributed by atoms with van der Waals surface area (Å²) in [6, 6.07) is 18.8. The van der Waals surface area contributed by atoms with Crippen LogP contribution in [0.2, 0.25) is 0 Å². The summed E-state index contributed by atoms with van der Waals surface area (Å²) in [5, 5.41) is 3.17. The van der Waals surface area contributed by atoms with Crippen molar-refractivity contribution in [2.75, 3.05) is 11.9 Å². The second-order valence-electron chi connectivity index (χ2n) is 6.64. The Morgan fingerprint density at radius 2 is 1.87 bits per heavy atom. The van der Waals surface area contributed by atoms with E-state index in [1.54, 1.807) is 18.6 Å². The first kappa shape index (κ1) is 19.3. The van der Waals surface area contributed by atoms with Crippen LogP contribution in [0.4, 0.5) is 5.95 Å². The van der Waals surface area contributed by atoms with Crippen molar-refractivity contribution < 1.29 is 4.74 Å². The van der Waals surface area contributed by atoms with Crippen molar-refractivity contribution in [2.24, 2.45) is 0 Å². The first-order valence-corrected chi connectivity index (χ1v) is 9.63. The van der Waals surface area contributed by atoms with Crippen LogP contribution in [-0.4, -0.2) is 26.5 Å². The van der Waals surface area contributed by atoms with Gasteiger partial charge in [-0.3, -0.25) is 19.7 Å². The number of anilines is 1. The van der Waals surface area contributed by atoms with Gasteiger partial charge in [0.05, 0.1) is 12.3 Å². The van der Waals surface area contributed by atoms with Crippen LogP contribution < -0.4 is 15.6 Å². The maximum atomic E-state index is 12.0. The number of hydrogen-bond donors (Lipinski definition) is 2. The number of H-pyrrole nitrogens is 1. The van der Waals surface area contributed by atoms with Gasteiger partial charge in [0, 0.05) is 48.9 Å². The Morgan fingerprint density at radius 3 is 2.70 bits per heavy atom. The van der Waals surface area contributed by atoms with Crippen LogP contribution in [0.25, 0.3) is 11.3 Å². The highest BCUT2D eigenvalue weighted by atomic mass is 16.5. The van der Waals surface area contributed by atoms with Crippen LogP contribution in [0.3, 0.4) is 0 Å². The zero-order valence-electron chi connectivity index (χ0n) is 16.3. The molecule has 0 bridgehead atoms. The van der Waals surface area contributed by atoms with E-state index in [0.29, 0.717) is 24.8 Å². The zero-order chi connectivity index (χ0) is 20.6. The summed E-state index contributed by atoms with van der Waals surface area (Å²) in [7, 11) is 0. The predicted octanol–water partition coefficient (Wildman–Crippen LogP) is 3.46. The van der Waals surface area contributed by atoms with Gasteiger partial charge < -0.3 is 10.1 Å². The minimum atomic E-state index is -0.217. The van der Waals surface area contributed by atoms with E-state index >= 15 is 0 Å². The Hall–Kier alpha value is -4.00. The van der Waals surface area contributed by atoms with Gasteiger partial charge in [-0.25, -0.2) is 4.98 Å². The van der Waals surface area contributed by atoms with Gasteiger partial charge in [-0.1, -0.05) is 18.2 Å². The molecule has 1 aromatic carbocycles. The highest BCUT2D eigenvalue weighted by molar-refractivity contribution is 5.59. The molecule has 4 aromatic rings. The van der Waals surface area contributed by atoms with Crippen LogP contribution in [0.5, 0.6) is 5.75 Å². The second-order valence-corrected chi connectivity index (χ2v) is 6.64. The van der Waals surface area contributed by atoms with Gasteiger partial charge in [-0.15, -0.1) is 0 Å². The van der Waals surface area contributed by atoms with E-state index in [4.69, 9.17) is 4.74 Å². The van der Waals surface area contributed by atoms with Gasteiger partial charge in [0.2, 0.25) is 5.95 Å². The van der Waals surface area contributed by atoms with E-state index in [-0.39, 0.29) is 5.56 Å². The molecule has 4 rings (SSSR count). The Balaban J connectivity index is 1.38. The first-order chi connectivity index (χ1) is 14.8. The minimum absolute atomic E-state index is 0.217. The van der Waals surface area contributed by atoms with Crippen molar-refractivity contribution in [1.82, 2.24) is 19.9 Å². The third kappa shape index (κ3) is 5.29. The van der Waals surface area contributed by atoms with Gasteiger partial charge in [0.25, 0.3) is 5.56 Å². The van der Waals surface area contributed by atoms with Crippen molar-refractivity contribution in [2.45, 2.75) is 13.0 Å². The topological polar surface area (TPSA) is 92.8 Å². The van der Waals surface area contributed by atoms with Crippen molar-refractivity contribution in [1.29, 1.82) is 0 Å². The Bertz CT molecular complexity index is 1150. The lowest BCUT2D eigenvalue weighted by atomic mass is 10.2. The molecule has 0 spiro atoms. The van der Waals surface area contributed by atoms with Gasteiger partial charge in [0.1, 0.15) is 5.75 Å². The van der Waals surface area contributed by atoms with Crippen molar-refractivity contribution in [3.05, 3.63) is 101 Å². The van der Waals surface area contributed by atoms with Gasteiger partial charge in [-0.05, 0) is 42.0 Å². The average Bonchev–Trinajstić information content (AvgIpc) is 2.79. The monoisotopic (exact) mass is 399 g/mol. The Morgan fingerprint density at radius 1 is 0.967 bits per heavy atom. The third-order valence-corrected chi connectivity index (χ3v) is 4.43. The molecule has 0 aliphatic heterocycles. The summed E-state index contributed by atoms with van der Waals surface area (Å²) in [5.74, 6) is 1.20. The Kier molecular flexibility index (Phi) is 6.10. The lowest BCUT2D eigenvalue weighted by molar-refractivity contribution is 0.320. The number of ether oxygens (including phenoxy) is 1. The molecule has 3 heterocycles. The van der Waals surface area contributed by atoms with Gasteiger partial charge >= 0.3 is 0 Å². The van der Waals surface area contributed by atoms with Crippen LogP contribution in [0.15, 0.2) is 84.0 Å². The number of nitrogens with zero attached hydrogens (tertiary/aromatic N) is 3. The highest BCUT2D eigenvalue weighted by Crippen LogP contribution is 2.17. The molecule has 0 saturated heterocycles. The predicted molar refractivity (Wildman–Crippen MR) is 115 cm³/mol. The van der Waals surface area contributed by atoms with E-state index in [1.165, 1.54) is 6.07 Å². The van der Waals surface area contributed by atoms with Crippen molar-refractivity contribution in [3.63, 3.8) is 0 Å². The lowest BCUT2D eigenvalue weighted by Crippen LogP contribution is -2.12. The lowest BCUT2D eigenvalue weighted by Gasteiger charge is -2.10. The van der Waals surface area contributed by atoms with E-state index < -0.39 is 0 Å². The number of hydrogen-bond acceptors (Lipinski definition) is 6. The van der Waals surface area contributed by atoms with Crippen LogP contribution in [-0.2, 0) is 13.0 Å². The third-order valence-electron chi connectivity index (χ3n) is 4.43. The van der Waals surface area contributed by atoms with Crippen molar-refractivity contribution >= 4 is 5.95 Å². The fourth-order valence-corrected chi connectivity index (χ4v) is 2.96. The van der Waals surface area contributed by atoms with E-state index in [2.05, 4.69) is 25.3 Å². The molecule has 150 valence electrons. The number of pyridine rings is 2. The normalized spacial score (nSPS) is 10.5. The SMILES string of the molecule is O=c1cc(-c2ccncc2)nc(NCc2cccc(OCCc3ccccn3)c2)[nH]1. The fraction of sp³-hybridized carbons (Fsp3) is 0.130. The summed E-state index contributed by atoms with van der Waals surface area (Å²) in [5.41, 5.74) is 3.23. The highest BCUT2D eigenvalue weighted by Gasteiger charge is 2.05. The molecular weight excluding hydrogens is 378 g/mol. The summed E-state index contributed by atoms with van der Waals surface area (Å²) in [4.78, 5) is 27.5. The number of aromatic nitrogens is 4. The molecule has 7 nitrogen and oxygen atoms in total. The Labute approximate surface area is 173 Å². The maximum Gasteiger partial charge on any atom is 0.252 e. The zero-order valence-corrected chi connectivity index (χ0v) is 16.3. The van der Waals surface area contributed by atoms with E-state index in [9.17, 15) is 4.79 Å². The van der Waals surface area contributed by atoms with Crippen LogP contribution >= 0.6 is 0 Å². The second kappa shape index (κ2) is 9.47. The standard InChI is InChI=1S/C23H21N5O2/c29-22-15-21(18-7-11-24-12-8-18)27-23(28-22)26-16-17-4-3-6-20(14-17)30-13-9-19-5-1-2-10-25-19/h1-8,10-12,14-15H,9,13,16H2,(H2,26,27,28,29). The summed E-state index contributed by atoms with van der Waals surface area (Å²) in [6.07, 6.45) is 5.87. The van der Waals surface area contributed by atoms with Crippen LogP contribution in [0.1, 0.15) is 11.3 Å².